The first kappa shape index (κ1) is 28.3. The Labute approximate surface area is 224 Å². The van der Waals surface area contributed by atoms with E-state index in [1.54, 1.807) is 24.8 Å². The molecule has 1 saturated carbocycles. The third kappa shape index (κ3) is 7.46. The molecule has 1 amide bonds. The summed E-state index contributed by atoms with van der Waals surface area (Å²) in [4.78, 5) is 34.8. The molecule has 0 atom stereocenters. The van der Waals surface area contributed by atoms with Crippen molar-refractivity contribution in [1.82, 2.24) is 24.8 Å². The van der Waals surface area contributed by atoms with E-state index in [0.29, 0.717) is 23.0 Å². The molecule has 208 valence electrons. The Morgan fingerprint density at radius 3 is 2.25 bits per heavy atom. The van der Waals surface area contributed by atoms with Gasteiger partial charge in [-0.25, -0.2) is 23.5 Å². The zero-order chi connectivity index (χ0) is 28.9. The highest BCUT2D eigenvalue weighted by atomic mass is 19.4. The van der Waals surface area contributed by atoms with Gasteiger partial charge in [0, 0.05) is 60.8 Å². The molecular weight excluding hydrogens is 537 g/mol. The predicted molar refractivity (Wildman–Crippen MR) is 133 cm³/mol. The van der Waals surface area contributed by atoms with Crippen molar-refractivity contribution < 1.29 is 36.6 Å². The summed E-state index contributed by atoms with van der Waals surface area (Å²) in [6, 6.07) is 9.13. The number of amides is 1. The lowest BCUT2D eigenvalue weighted by Gasteiger charge is -2.09. The van der Waals surface area contributed by atoms with Gasteiger partial charge in [-0.05, 0) is 54.7 Å². The fraction of sp³-hybridized carbons (Fsp3) is 0.222. The van der Waals surface area contributed by atoms with Crippen molar-refractivity contribution in [2.75, 3.05) is 0 Å². The molecule has 0 saturated heterocycles. The van der Waals surface area contributed by atoms with E-state index in [1.807, 2.05) is 29.0 Å². The van der Waals surface area contributed by atoms with Crippen molar-refractivity contribution in [1.29, 1.82) is 0 Å². The van der Waals surface area contributed by atoms with Crippen LogP contribution in [-0.4, -0.2) is 42.7 Å². The van der Waals surface area contributed by atoms with Gasteiger partial charge in [-0.15, -0.1) is 0 Å². The zero-order valence-corrected chi connectivity index (χ0v) is 20.7. The molecule has 2 N–H and O–H groups in total. The fourth-order valence-electron chi connectivity index (χ4n) is 3.63. The molecule has 4 aromatic rings. The van der Waals surface area contributed by atoms with Crippen LogP contribution < -0.4 is 5.32 Å². The molecule has 1 fully saturated rings. The molecule has 0 unspecified atom stereocenters. The number of rotatable bonds is 7. The first-order valence-corrected chi connectivity index (χ1v) is 12.0. The molecule has 3 heterocycles. The van der Waals surface area contributed by atoms with Crippen molar-refractivity contribution in [2.24, 2.45) is 5.92 Å². The van der Waals surface area contributed by atoms with E-state index in [2.05, 4.69) is 20.3 Å². The van der Waals surface area contributed by atoms with Gasteiger partial charge in [0.15, 0.2) is 17.5 Å². The predicted octanol–water partition coefficient (Wildman–Crippen LogP) is 5.26. The molecule has 8 nitrogen and oxygen atoms in total. The van der Waals surface area contributed by atoms with Crippen LogP contribution in [0.1, 0.15) is 28.9 Å². The number of carbonyl (C=O) groups excluding carboxylic acids is 1. The first-order chi connectivity index (χ1) is 19.0. The second-order valence-corrected chi connectivity index (χ2v) is 8.98. The Hall–Kier alpha value is -4.68. The van der Waals surface area contributed by atoms with Gasteiger partial charge in [0.25, 0.3) is 5.91 Å². The van der Waals surface area contributed by atoms with E-state index in [9.17, 15) is 26.7 Å². The molecule has 1 aromatic carbocycles. The number of aromatic nitrogens is 4. The number of nitrogens with zero attached hydrogens (tertiary/aromatic N) is 4. The highest BCUT2D eigenvalue weighted by molar-refractivity contribution is 5.94. The van der Waals surface area contributed by atoms with Gasteiger partial charge in [-0.1, -0.05) is 6.07 Å². The molecule has 0 radical (unpaired) electrons. The maximum Gasteiger partial charge on any atom is 0.490 e. The SMILES string of the molecule is O=C(NCc1ccc(F)c(F)c1)c1cc(-c2cnc(-c3cccnc3)nc2)cn1CC1CC1.O=C(O)C(F)(F)F. The number of nitrogens with one attached hydrogen (secondary N) is 1. The topological polar surface area (TPSA) is 110 Å². The van der Waals surface area contributed by atoms with Gasteiger partial charge in [-0.3, -0.25) is 9.78 Å². The van der Waals surface area contributed by atoms with Crippen LogP contribution in [0.2, 0.25) is 0 Å². The number of pyridine rings is 1. The summed E-state index contributed by atoms with van der Waals surface area (Å²) in [6.07, 6.45) is 6.01. The number of aliphatic carboxylic acids is 1. The third-order valence-corrected chi connectivity index (χ3v) is 5.87. The van der Waals surface area contributed by atoms with Gasteiger partial charge in [0.2, 0.25) is 0 Å². The molecule has 13 heteroatoms. The number of carboxylic acid groups (broad SMARTS) is 1. The van der Waals surface area contributed by atoms with E-state index >= 15 is 0 Å². The summed E-state index contributed by atoms with van der Waals surface area (Å²) in [7, 11) is 0. The molecule has 0 bridgehead atoms. The van der Waals surface area contributed by atoms with Gasteiger partial charge in [-0.2, -0.15) is 13.2 Å². The van der Waals surface area contributed by atoms with Crippen molar-refractivity contribution in [3.8, 4) is 22.5 Å². The van der Waals surface area contributed by atoms with Crippen LogP contribution in [-0.2, 0) is 17.9 Å². The van der Waals surface area contributed by atoms with Crippen LogP contribution in [0.3, 0.4) is 0 Å². The Morgan fingerprint density at radius 1 is 0.975 bits per heavy atom. The van der Waals surface area contributed by atoms with E-state index in [0.717, 1.165) is 48.2 Å². The number of hydrogen-bond donors (Lipinski definition) is 2. The number of halogens is 5. The Kier molecular flexibility index (Phi) is 8.51. The van der Waals surface area contributed by atoms with Crippen LogP contribution in [0.5, 0.6) is 0 Å². The van der Waals surface area contributed by atoms with Crippen molar-refractivity contribution in [2.45, 2.75) is 32.1 Å². The summed E-state index contributed by atoms with van der Waals surface area (Å²) in [5, 5.41) is 9.93. The molecule has 40 heavy (non-hydrogen) atoms. The second-order valence-electron chi connectivity index (χ2n) is 8.98. The summed E-state index contributed by atoms with van der Waals surface area (Å²) in [6.45, 7) is 0.853. The van der Waals surface area contributed by atoms with Crippen molar-refractivity contribution >= 4 is 11.9 Å². The Balaban J connectivity index is 0.000000470. The fourth-order valence-corrected chi connectivity index (χ4v) is 3.63. The van der Waals surface area contributed by atoms with Crippen LogP contribution >= 0.6 is 0 Å². The maximum atomic E-state index is 13.5. The molecule has 1 aliphatic rings. The van der Waals surface area contributed by atoms with Gasteiger partial charge >= 0.3 is 12.1 Å². The van der Waals surface area contributed by atoms with Crippen LogP contribution in [0, 0.1) is 17.6 Å². The largest absolute Gasteiger partial charge is 0.490 e. The normalized spacial score (nSPS) is 12.8. The van der Waals surface area contributed by atoms with E-state index in [4.69, 9.17) is 9.90 Å². The average molecular weight is 559 g/mol. The lowest BCUT2D eigenvalue weighted by molar-refractivity contribution is -0.192. The molecule has 1 aliphatic carbocycles. The zero-order valence-electron chi connectivity index (χ0n) is 20.7. The van der Waals surface area contributed by atoms with Crippen molar-refractivity contribution in [3.63, 3.8) is 0 Å². The highest BCUT2D eigenvalue weighted by Crippen LogP contribution is 2.32. The monoisotopic (exact) mass is 559 g/mol. The quantitative estimate of drug-likeness (QED) is 0.299. The summed E-state index contributed by atoms with van der Waals surface area (Å²) in [5.41, 5.74) is 3.46. The number of alkyl halides is 3. The van der Waals surface area contributed by atoms with Crippen LogP contribution in [0.4, 0.5) is 22.0 Å². The number of carboxylic acids is 1. The number of carbonyl (C=O) groups is 2. The Morgan fingerprint density at radius 2 is 1.68 bits per heavy atom. The van der Waals surface area contributed by atoms with Gasteiger partial charge in [0.05, 0.1) is 0 Å². The maximum absolute atomic E-state index is 13.5. The van der Waals surface area contributed by atoms with Gasteiger partial charge < -0.3 is 15.0 Å². The molecule has 3 aromatic heterocycles. The summed E-state index contributed by atoms with van der Waals surface area (Å²) >= 11 is 0. The minimum atomic E-state index is -5.08. The smallest absolute Gasteiger partial charge is 0.475 e. The minimum Gasteiger partial charge on any atom is -0.475 e. The lowest BCUT2D eigenvalue weighted by atomic mass is 10.1. The molecule has 5 rings (SSSR count). The standard InChI is InChI=1S/C25H21F2N5O.C2HF3O2/c26-21-6-5-17(8-22(21)27)10-31-25(33)23-9-19(15-32(23)14-16-3-4-16)20-12-29-24(30-13-20)18-2-1-7-28-11-18;3-2(4,5)1(6)7/h1-2,5-9,11-13,15-16H,3-4,10,14H2,(H,31,33);(H,6,7). The first-order valence-electron chi connectivity index (χ1n) is 12.0. The molecular formula is C27H22F5N5O3. The van der Waals surface area contributed by atoms with Crippen molar-refractivity contribution in [3.05, 3.63) is 90.3 Å². The second kappa shape index (κ2) is 12.0. The summed E-state index contributed by atoms with van der Waals surface area (Å²) in [5.74, 6) is -3.74. The van der Waals surface area contributed by atoms with Crippen LogP contribution in [0.25, 0.3) is 22.5 Å². The highest BCUT2D eigenvalue weighted by Gasteiger charge is 2.38. The van der Waals surface area contributed by atoms with E-state index in [-0.39, 0.29) is 12.5 Å². The number of hydrogen-bond acceptors (Lipinski definition) is 5. The minimum absolute atomic E-state index is 0.100. The molecule has 0 aliphatic heterocycles. The van der Waals surface area contributed by atoms with Gasteiger partial charge in [0.1, 0.15) is 5.69 Å². The summed E-state index contributed by atoms with van der Waals surface area (Å²) < 4.78 is 60.3. The molecule has 0 spiro atoms. The average Bonchev–Trinajstić information content (AvgIpc) is 3.65. The number of benzene rings is 1. The third-order valence-electron chi connectivity index (χ3n) is 5.87. The van der Waals surface area contributed by atoms with E-state index in [1.165, 1.54) is 6.07 Å². The van der Waals surface area contributed by atoms with E-state index < -0.39 is 23.8 Å². The van der Waals surface area contributed by atoms with Crippen LogP contribution in [0.15, 0.2) is 67.4 Å². The lowest BCUT2D eigenvalue weighted by Crippen LogP contribution is -2.25. The Bertz CT molecular complexity index is 1490.